The predicted octanol–water partition coefficient (Wildman–Crippen LogP) is 3.03. The molecule has 0 radical (unpaired) electrons. The van der Waals surface area contributed by atoms with E-state index >= 15 is 0 Å². The molecule has 0 aliphatic heterocycles. The lowest BCUT2D eigenvalue weighted by atomic mass is 10.1. The molecule has 3 nitrogen and oxygen atoms in total. The number of benzene rings is 1. The van der Waals surface area contributed by atoms with Crippen molar-refractivity contribution in [3.05, 3.63) is 53.9 Å². The van der Waals surface area contributed by atoms with Gasteiger partial charge in [-0.25, -0.2) is 18.7 Å². The molecule has 0 aliphatic rings. The van der Waals surface area contributed by atoms with Gasteiger partial charge < -0.3 is 5.32 Å². The molecule has 88 valence electrons. The summed E-state index contributed by atoms with van der Waals surface area (Å²) in [6.45, 7) is 0.421. The molecule has 0 fully saturated rings. The van der Waals surface area contributed by atoms with Crippen LogP contribution in [0, 0.1) is 0 Å². The summed E-state index contributed by atoms with van der Waals surface area (Å²) in [5, 5.41) is 2.96. The predicted molar refractivity (Wildman–Crippen MR) is 60.8 cm³/mol. The minimum atomic E-state index is -2.44. The Morgan fingerprint density at radius 3 is 2.59 bits per heavy atom. The normalized spacial score (nSPS) is 10.5. The molecule has 0 saturated carbocycles. The average molecular weight is 235 g/mol. The van der Waals surface area contributed by atoms with Gasteiger partial charge in [0.15, 0.2) is 0 Å². The van der Waals surface area contributed by atoms with Gasteiger partial charge in [0, 0.05) is 24.5 Å². The van der Waals surface area contributed by atoms with E-state index in [4.69, 9.17) is 0 Å². The van der Waals surface area contributed by atoms with Gasteiger partial charge in [0.05, 0.1) is 0 Å². The summed E-state index contributed by atoms with van der Waals surface area (Å²) in [4.78, 5) is 7.96. The molecular weight excluding hydrogens is 224 g/mol. The van der Waals surface area contributed by atoms with Gasteiger partial charge in [-0.3, -0.25) is 0 Å². The minimum Gasteiger partial charge on any atom is -0.350 e. The zero-order valence-corrected chi connectivity index (χ0v) is 8.98. The second-order valence-electron chi connectivity index (χ2n) is 3.47. The molecule has 0 amide bonds. The highest BCUT2D eigenvalue weighted by molar-refractivity contribution is 5.29. The van der Waals surface area contributed by atoms with Crippen molar-refractivity contribution < 1.29 is 8.78 Å². The molecule has 0 unspecified atom stereocenters. The molecule has 0 saturated heterocycles. The fourth-order valence-corrected chi connectivity index (χ4v) is 1.41. The van der Waals surface area contributed by atoms with E-state index in [1.165, 1.54) is 12.1 Å². The van der Waals surface area contributed by atoms with Gasteiger partial charge in [0.1, 0.15) is 0 Å². The Balaban J connectivity index is 2.02. The highest BCUT2D eigenvalue weighted by Crippen LogP contribution is 2.19. The van der Waals surface area contributed by atoms with Gasteiger partial charge in [-0.15, -0.1) is 0 Å². The molecule has 1 aromatic heterocycles. The van der Waals surface area contributed by atoms with Crippen molar-refractivity contribution in [1.82, 2.24) is 9.97 Å². The van der Waals surface area contributed by atoms with E-state index in [9.17, 15) is 8.78 Å². The fourth-order valence-electron chi connectivity index (χ4n) is 1.41. The van der Waals surface area contributed by atoms with Crippen molar-refractivity contribution in [2.75, 3.05) is 5.32 Å². The summed E-state index contributed by atoms with van der Waals surface area (Å²) in [7, 11) is 0. The molecule has 0 bridgehead atoms. The first-order valence-electron chi connectivity index (χ1n) is 5.13. The van der Waals surface area contributed by atoms with E-state index < -0.39 is 6.43 Å². The van der Waals surface area contributed by atoms with Crippen LogP contribution in [0.4, 0.5) is 14.7 Å². The number of hydrogen-bond donors (Lipinski definition) is 1. The molecule has 2 aromatic rings. The number of nitrogens with one attached hydrogen (secondary N) is 1. The topological polar surface area (TPSA) is 37.8 Å². The molecule has 1 aromatic carbocycles. The van der Waals surface area contributed by atoms with Gasteiger partial charge in [0.25, 0.3) is 6.43 Å². The van der Waals surface area contributed by atoms with Crippen molar-refractivity contribution in [3.8, 4) is 0 Å². The van der Waals surface area contributed by atoms with E-state index in [-0.39, 0.29) is 5.56 Å². The van der Waals surface area contributed by atoms with Crippen LogP contribution in [-0.2, 0) is 6.54 Å². The first kappa shape index (κ1) is 11.4. The molecule has 2 rings (SSSR count). The summed E-state index contributed by atoms with van der Waals surface area (Å²) >= 11 is 0. The van der Waals surface area contributed by atoms with Crippen molar-refractivity contribution in [1.29, 1.82) is 0 Å². The van der Waals surface area contributed by atoms with E-state index in [1.807, 2.05) is 0 Å². The van der Waals surface area contributed by atoms with Crippen molar-refractivity contribution in [2.24, 2.45) is 0 Å². The molecule has 0 spiro atoms. The van der Waals surface area contributed by atoms with E-state index in [0.717, 1.165) is 5.56 Å². The van der Waals surface area contributed by atoms with Gasteiger partial charge in [-0.1, -0.05) is 18.2 Å². The number of rotatable bonds is 4. The first-order chi connectivity index (χ1) is 8.25. The van der Waals surface area contributed by atoms with Crippen LogP contribution in [0.3, 0.4) is 0 Å². The third-order valence-electron chi connectivity index (χ3n) is 2.22. The largest absolute Gasteiger partial charge is 0.350 e. The highest BCUT2D eigenvalue weighted by atomic mass is 19.3. The Morgan fingerprint density at radius 2 is 1.88 bits per heavy atom. The van der Waals surface area contributed by atoms with Crippen molar-refractivity contribution in [2.45, 2.75) is 13.0 Å². The minimum absolute atomic E-state index is 0.0262. The lowest BCUT2D eigenvalue weighted by Crippen LogP contribution is -2.03. The van der Waals surface area contributed by atoms with Crippen molar-refractivity contribution in [3.63, 3.8) is 0 Å². The van der Waals surface area contributed by atoms with Crippen LogP contribution in [-0.4, -0.2) is 9.97 Å². The standard InChI is InChI=1S/C12H11F2N3/c13-11(14)10-4-1-3-9(7-10)8-17-12-15-5-2-6-16-12/h1-7,11H,8H2,(H,15,16,17). The summed E-state index contributed by atoms with van der Waals surface area (Å²) in [5.41, 5.74) is 0.800. The van der Waals surface area contributed by atoms with E-state index in [1.54, 1.807) is 30.6 Å². The average Bonchev–Trinajstić information content (AvgIpc) is 2.38. The monoisotopic (exact) mass is 235 g/mol. The number of hydrogen-bond acceptors (Lipinski definition) is 3. The Hall–Kier alpha value is -2.04. The third kappa shape index (κ3) is 3.21. The SMILES string of the molecule is FC(F)c1cccc(CNc2ncccn2)c1. The highest BCUT2D eigenvalue weighted by Gasteiger charge is 2.06. The van der Waals surface area contributed by atoms with Crippen LogP contribution in [0.25, 0.3) is 0 Å². The van der Waals surface area contributed by atoms with Gasteiger partial charge in [0.2, 0.25) is 5.95 Å². The lowest BCUT2D eigenvalue weighted by molar-refractivity contribution is 0.151. The Labute approximate surface area is 97.5 Å². The maximum Gasteiger partial charge on any atom is 0.263 e. The van der Waals surface area contributed by atoms with Crippen LogP contribution >= 0.6 is 0 Å². The number of aromatic nitrogens is 2. The number of anilines is 1. The van der Waals surface area contributed by atoms with E-state index in [2.05, 4.69) is 15.3 Å². The second kappa shape index (κ2) is 5.34. The molecule has 0 aliphatic carbocycles. The van der Waals surface area contributed by atoms with Crippen molar-refractivity contribution >= 4 is 5.95 Å². The molecule has 17 heavy (non-hydrogen) atoms. The van der Waals surface area contributed by atoms with Crippen LogP contribution in [0.1, 0.15) is 17.6 Å². The van der Waals surface area contributed by atoms with Gasteiger partial charge in [-0.05, 0) is 17.7 Å². The third-order valence-corrected chi connectivity index (χ3v) is 2.22. The van der Waals surface area contributed by atoms with Crippen LogP contribution in [0.2, 0.25) is 0 Å². The van der Waals surface area contributed by atoms with Crippen LogP contribution in [0.15, 0.2) is 42.7 Å². The Kier molecular flexibility index (Phi) is 3.59. The lowest BCUT2D eigenvalue weighted by Gasteiger charge is -2.06. The second-order valence-corrected chi connectivity index (χ2v) is 3.47. The van der Waals surface area contributed by atoms with Crippen LogP contribution < -0.4 is 5.32 Å². The first-order valence-corrected chi connectivity index (χ1v) is 5.13. The van der Waals surface area contributed by atoms with Gasteiger partial charge in [-0.2, -0.15) is 0 Å². The summed E-state index contributed by atoms with van der Waals surface area (Å²) < 4.78 is 24.9. The van der Waals surface area contributed by atoms with Crippen LogP contribution in [0.5, 0.6) is 0 Å². The molecule has 1 heterocycles. The Morgan fingerprint density at radius 1 is 1.12 bits per heavy atom. The molecule has 0 atom stereocenters. The summed E-state index contributed by atoms with van der Waals surface area (Å²) in [6, 6.07) is 7.99. The van der Waals surface area contributed by atoms with E-state index in [0.29, 0.717) is 12.5 Å². The summed E-state index contributed by atoms with van der Waals surface area (Å²) in [5.74, 6) is 0.481. The number of halogens is 2. The summed E-state index contributed by atoms with van der Waals surface area (Å²) in [6.07, 6.45) is 0.790. The quantitative estimate of drug-likeness (QED) is 0.885. The molecule has 5 heteroatoms. The fraction of sp³-hybridized carbons (Fsp3) is 0.167. The number of alkyl halides is 2. The molecule has 1 N–H and O–H groups in total. The maximum atomic E-state index is 12.5. The Bertz CT molecular complexity index is 474. The zero-order valence-electron chi connectivity index (χ0n) is 8.98. The maximum absolute atomic E-state index is 12.5. The zero-order chi connectivity index (χ0) is 12.1. The van der Waals surface area contributed by atoms with Gasteiger partial charge >= 0.3 is 0 Å². The smallest absolute Gasteiger partial charge is 0.263 e. The number of nitrogens with zero attached hydrogens (tertiary/aromatic N) is 2. The molecular formula is C12H11F2N3.